The molecule has 1 N–H and O–H groups in total. The summed E-state index contributed by atoms with van der Waals surface area (Å²) < 4.78 is 0.631. The molecule has 1 aromatic rings. The van der Waals surface area contributed by atoms with Crippen molar-refractivity contribution in [2.75, 3.05) is 0 Å². The molecular weight excluding hydrogens is 255 g/mol. The van der Waals surface area contributed by atoms with Crippen LogP contribution in [0.3, 0.4) is 0 Å². The van der Waals surface area contributed by atoms with Crippen LogP contribution >= 0.6 is 22.6 Å². The smallest absolute Gasteiger partial charge is 0.264 e. The summed E-state index contributed by atoms with van der Waals surface area (Å²) in [6, 6.07) is 0. The number of hydrogen-bond donors (Lipinski definition) is 1. The zero-order chi connectivity index (χ0) is 8.43. The highest BCUT2D eigenvalue weighted by atomic mass is 127. The fraction of sp³-hybridized carbons (Fsp3) is 0.429. The fourth-order valence-corrected chi connectivity index (χ4v) is 0.961. The predicted octanol–water partition coefficient (Wildman–Crippen LogP) is 1.50. The molecule has 0 saturated carbocycles. The minimum absolute atomic E-state index is 0.0516. The quantitative estimate of drug-likeness (QED) is 0.781. The predicted molar refractivity (Wildman–Crippen MR) is 51.7 cm³/mol. The van der Waals surface area contributed by atoms with Gasteiger partial charge in [-0.25, -0.2) is 4.98 Å². The Hall–Kier alpha value is -0.390. The van der Waals surface area contributed by atoms with E-state index in [9.17, 15) is 4.79 Å². The van der Waals surface area contributed by atoms with E-state index >= 15 is 0 Å². The van der Waals surface area contributed by atoms with Gasteiger partial charge in [-0.15, -0.1) is 0 Å². The minimum atomic E-state index is -0.0516. The van der Waals surface area contributed by atoms with Gasteiger partial charge in [0.05, 0.1) is 3.57 Å². The van der Waals surface area contributed by atoms with Gasteiger partial charge in [-0.1, -0.05) is 13.8 Å². The third-order valence-corrected chi connectivity index (χ3v) is 2.09. The van der Waals surface area contributed by atoms with Crippen molar-refractivity contribution < 1.29 is 0 Å². The van der Waals surface area contributed by atoms with Crippen molar-refractivity contribution >= 4 is 22.6 Å². The molecule has 0 bridgehead atoms. The molecule has 60 valence electrons. The van der Waals surface area contributed by atoms with Gasteiger partial charge in [0.25, 0.3) is 5.56 Å². The lowest BCUT2D eigenvalue weighted by molar-refractivity contribution is 0.763. The van der Waals surface area contributed by atoms with Gasteiger partial charge in [-0.2, -0.15) is 0 Å². The summed E-state index contributed by atoms with van der Waals surface area (Å²) in [6.07, 6.45) is 1.59. The average molecular weight is 264 g/mol. The van der Waals surface area contributed by atoms with Crippen molar-refractivity contribution in [2.24, 2.45) is 0 Å². The molecule has 3 nitrogen and oxygen atoms in total. The lowest BCUT2D eigenvalue weighted by atomic mass is 10.2. The normalized spacial score (nSPS) is 10.5. The van der Waals surface area contributed by atoms with Crippen LogP contribution in [-0.2, 0) is 0 Å². The molecule has 4 heteroatoms. The third-order valence-electron chi connectivity index (χ3n) is 1.32. The van der Waals surface area contributed by atoms with Crippen LogP contribution in [0.5, 0.6) is 0 Å². The topological polar surface area (TPSA) is 45.8 Å². The van der Waals surface area contributed by atoms with E-state index in [4.69, 9.17) is 0 Å². The van der Waals surface area contributed by atoms with E-state index in [0.29, 0.717) is 3.57 Å². The van der Waals surface area contributed by atoms with Crippen LogP contribution in [0.2, 0.25) is 0 Å². The zero-order valence-electron chi connectivity index (χ0n) is 6.39. The van der Waals surface area contributed by atoms with Gasteiger partial charge in [0.2, 0.25) is 0 Å². The van der Waals surface area contributed by atoms with Crippen LogP contribution in [-0.4, -0.2) is 9.97 Å². The van der Waals surface area contributed by atoms with Crippen LogP contribution in [0.25, 0.3) is 0 Å². The summed E-state index contributed by atoms with van der Waals surface area (Å²) in [6.45, 7) is 3.98. The van der Waals surface area contributed by atoms with Crippen LogP contribution in [0, 0.1) is 3.57 Å². The average Bonchev–Trinajstić information content (AvgIpc) is 1.94. The van der Waals surface area contributed by atoms with Crippen LogP contribution in [0.1, 0.15) is 25.6 Å². The molecule has 0 aliphatic rings. The number of halogens is 1. The first kappa shape index (κ1) is 8.70. The van der Waals surface area contributed by atoms with E-state index in [-0.39, 0.29) is 11.5 Å². The number of hydrogen-bond acceptors (Lipinski definition) is 2. The van der Waals surface area contributed by atoms with Gasteiger partial charge in [0.1, 0.15) is 5.82 Å². The molecule has 0 amide bonds. The molecular formula is C7H9IN2O. The second kappa shape index (κ2) is 3.34. The number of rotatable bonds is 1. The van der Waals surface area contributed by atoms with E-state index in [1.54, 1.807) is 6.20 Å². The molecule has 11 heavy (non-hydrogen) atoms. The number of nitrogens with one attached hydrogen (secondary N) is 1. The van der Waals surface area contributed by atoms with E-state index in [1.807, 2.05) is 36.4 Å². The molecule has 0 unspecified atom stereocenters. The van der Waals surface area contributed by atoms with Gasteiger partial charge >= 0.3 is 0 Å². The largest absolute Gasteiger partial charge is 0.309 e. The Balaban J connectivity index is 3.16. The molecule has 0 aliphatic heterocycles. The van der Waals surface area contributed by atoms with Crippen molar-refractivity contribution in [3.05, 3.63) is 25.9 Å². The molecule has 0 radical (unpaired) electrons. The lowest BCUT2D eigenvalue weighted by Gasteiger charge is -2.01. The summed E-state index contributed by atoms with van der Waals surface area (Å²) in [5, 5.41) is 0. The maximum Gasteiger partial charge on any atom is 0.264 e. The SMILES string of the molecule is CC(C)c1ncc(I)c(=O)[nH]1. The molecule has 1 heterocycles. The van der Waals surface area contributed by atoms with E-state index in [2.05, 4.69) is 9.97 Å². The lowest BCUT2D eigenvalue weighted by Crippen LogP contribution is -2.14. The van der Waals surface area contributed by atoms with Crippen molar-refractivity contribution in [1.29, 1.82) is 0 Å². The Labute approximate surface area is 78.4 Å². The van der Waals surface area contributed by atoms with Gasteiger partial charge in [-0.3, -0.25) is 4.79 Å². The standard InChI is InChI=1S/C7H9IN2O/c1-4(2)6-9-3-5(8)7(11)10-6/h3-4H,1-2H3,(H,9,10,11). The number of nitrogens with zero attached hydrogens (tertiary/aromatic N) is 1. The molecule has 0 aliphatic carbocycles. The van der Waals surface area contributed by atoms with Gasteiger partial charge in [-0.05, 0) is 22.6 Å². The van der Waals surface area contributed by atoms with E-state index in [0.717, 1.165) is 5.82 Å². The first-order valence-electron chi connectivity index (χ1n) is 3.36. The third kappa shape index (κ3) is 2.02. The number of aromatic nitrogens is 2. The van der Waals surface area contributed by atoms with Crippen LogP contribution < -0.4 is 5.56 Å². The van der Waals surface area contributed by atoms with Crippen molar-refractivity contribution in [3.8, 4) is 0 Å². The maximum atomic E-state index is 11.0. The number of aromatic amines is 1. The maximum absolute atomic E-state index is 11.0. The fourth-order valence-electron chi connectivity index (χ4n) is 0.687. The molecule has 0 aromatic carbocycles. The van der Waals surface area contributed by atoms with Crippen molar-refractivity contribution in [1.82, 2.24) is 9.97 Å². The van der Waals surface area contributed by atoms with Gasteiger partial charge < -0.3 is 4.98 Å². The van der Waals surface area contributed by atoms with E-state index in [1.165, 1.54) is 0 Å². The van der Waals surface area contributed by atoms with Crippen LogP contribution in [0.4, 0.5) is 0 Å². The zero-order valence-corrected chi connectivity index (χ0v) is 8.55. The molecule has 1 aromatic heterocycles. The van der Waals surface area contributed by atoms with Crippen LogP contribution in [0.15, 0.2) is 11.0 Å². The Morgan fingerprint density at radius 3 is 2.73 bits per heavy atom. The molecule has 0 spiro atoms. The van der Waals surface area contributed by atoms with Crippen molar-refractivity contribution in [3.63, 3.8) is 0 Å². The van der Waals surface area contributed by atoms with E-state index < -0.39 is 0 Å². The monoisotopic (exact) mass is 264 g/mol. The molecule has 0 fully saturated rings. The Morgan fingerprint density at radius 2 is 2.27 bits per heavy atom. The summed E-state index contributed by atoms with van der Waals surface area (Å²) in [5.74, 6) is 1.02. The highest BCUT2D eigenvalue weighted by Crippen LogP contribution is 2.05. The van der Waals surface area contributed by atoms with Gasteiger partial charge in [0.15, 0.2) is 0 Å². The summed E-state index contributed by atoms with van der Waals surface area (Å²) in [4.78, 5) is 17.8. The Bertz CT molecular complexity index is 306. The second-order valence-electron chi connectivity index (χ2n) is 2.60. The van der Waals surface area contributed by atoms with Crippen molar-refractivity contribution in [2.45, 2.75) is 19.8 Å². The summed E-state index contributed by atoms with van der Waals surface area (Å²) >= 11 is 1.96. The minimum Gasteiger partial charge on any atom is -0.309 e. The highest BCUT2D eigenvalue weighted by Gasteiger charge is 2.02. The summed E-state index contributed by atoms with van der Waals surface area (Å²) in [7, 11) is 0. The molecule has 0 saturated heterocycles. The molecule has 1 rings (SSSR count). The first-order valence-corrected chi connectivity index (χ1v) is 4.44. The Kier molecular flexibility index (Phi) is 2.64. The Morgan fingerprint density at radius 1 is 1.64 bits per heavy atom. The number of H-pyrrole nitrogens is 1. The first-order chi connectivity index (χ1) is 5.11. The second-order valence-corrected chi connectivity index (χ2v) is 3.76. The highest BCUT2D eigenvalue weighted by molar-refractivity contribution is 14.1. The van der Waals surface area contributed by atoms with Gasteiger partial charge in [0, 0.05) is 12.1 Å². The molecule has 0 atom stereocenters. The summed E-state index contributed by atoms with van der Waals surface area (Å²) in [5.41, 5.74) is -0.0516.